The molecule has 0 spiro atoms. The molecule has 1 aliphatic rings. The van der Waals surface area contributed by atoms with Gasteiger partial charge in [-0.3, -0.25) is 0 Å². The second-order valence-corrected chi connectivity index (χ2v) is 5.40. The summed E-state index contributed by atoms with van der Waals surface area (Å²) in [5, 5.41) is 0. The first kappa shape index (κ1) is 13.6. The van der Waals surface area contributed by atoms with Gasteiger partial charge in [0, 0.05) is 6.61 Å². The first-order chi connectivity index (χ1) is 8.75. The third-order valence-electron chi connectivity index (χ3n) is 3.49. The molecule has 1 fully saturated rings. The lowest BCUT2D eigenvalue weighted by Crippen LogP contribution is -2.24. The third kappa shape index (κ3) is 4.15. The molecule has 0 radical (unpaired) electrons. The second-order valence-electron chi connectivity index (χ2n) is 5.40. The summed E-state index contributed by atoms with van der Waals surface area (Å²) < 4.78 is 11.4. The van der Waals surface area contributed by atoms with Crippen molar-refractivity contribution >= 4 is 12.2 Å². The summed E-state index contributed by atoms with van der Waals surface area (Å²) in [5.41, 5.74) is 2.63. The third-order valence-corrected chi connectivity index (χ3v) is 3.49. The minimum Gasteiger partial charge on any atom is -0.376 e. The fraction of sp³-hybridized carbons (Fsp3) is 0.600. The Labute approximate surface area is 111 Å². The van der Waals surface area contributed by atoms with Crippen LogP contribution in [0.2, 0.25) is 13.6 Å². The molecule has 2 rings (SSSR count). The highest BCUT2D eigenvalue weighted by Gasteiger charge is 2.13. The molecule has 1 aliphatic heterocycles. The topological polar surface area (TPSA) is 18.5 Å². The van der Waals surface area contributed by atoms with Crippen molar-refractivity contribution in [2.45, 2.75) is 45.6 Å². The fourth-order valence-electron chi connectivity index (χ4n) is 2.25. The van der Waals surface area contributed by atoms with Crippen molar-refractivity contribution in [2.24, 2.45) is 0 Å². The van der Waals surface area contributed by atoms with E-state index in [-0.39, 0.29) is 0 Å². The van der Waals surface area contributed by atoms with Crippen molar-refractivity contribution in [3.63, 3.8) is 0 Å². The number of rotatable bonds is 5. The zero-order valence-electron chi connectivity index (χ0n) is 11.5. The minimum atomic E-state index is 0.314. The quantitative estimate of drug-likeness (QED) is 0.744. The van der Waals surface area contributed by atoms with E-state index in [2.05, 4.69) is 37.9 Å². The molecular formula is C15H23BO2. The maximum atomic E-state index is 5.73. The highest BCUT2D eigenvalue weighted by atomic mass is 16.5. The number of ether oxygens (including phenoxy) is 2. The molecule has 3 heteroatoms. The molecule has 1 saturated heterocycles. The number of hydrogen-bond donors (Lipinski definition) is 0. The van der Waals surface area contributed by atoms with Gasteiger partial charge in [0.2, 0.25) is 0 Å². The highest BCUT2D eigenvalue weighted by molar-refractivity contribution is 6.70. The van der Waals surface area contributed by atoms with Crippen LogP contribution in [-0.2, 0) is 16.1 Å². The molecule has 1 unspecified atom stereocenters. The van der Waals surface area contributed by atoms with E-state index in [1.165, 1.54) is 23.9 Å². The standard InChI is InChI=1S/C15H23BO2/c1-16(2)14-8-6-13(7-9-14)11-17-12-15-5-3-4-10-18-15/h6-9,15H,3-5,10-12H2,1-2H3. The Morgan fingerprint density at radius 1 is 1.22 bits per heavy atom. The Bertz CT molecular complexity index is 342. The van der Waals surface area contributed by atoms with E-state index in [9.17, 15) is 0 Å². The van der Waals surface area contributed by atoms with E-state index in [1.807, 2.05) is 0 Å². The largest absolute Gasteiger partial charge is 0.376 e. The molecular weight excluding hydrogens is 223 g/mol. The van der Waals surface area contributed by atoms with Crippen LogP contribution in [0, 0.1) is 0 Å². The molecule has 0 saturated carbocycles. The van der Waals surface area contributed by atoms with Crippen molar-refractivity contribution in [1.82, 2.24) is 0 Å². The predicted octanol–water partition coefficient (Wildman–Crippen LogP) is 2.73. The van der Waals surface area contributed by atoms with E-state index < -0.39 is 0 Å². The van der Waals surface area contributed by atoms with Gasteiger partial charge in [0.15, 0.2) is 6.71 Å². The SMILES string of the molecule is CB(C)c1ccc(COCC2CCCCO2)cc1. The molecule has 0 aromatic heterocycles. The van der Waals surface area contributed by atoms with Gasteiger partial charge in [-0.15, -0.1) is 0 Å². The molecule has 1 aromatic carbocycles. The number of hydrogen-bond acceptors (Lipinski definition) is 2. The Balaban J connectivity index is 1.72. The van der Waals surface area contributed by atoms with Gasteiger partial charge in [0.1, 0.15) is 0 Å². The van der Waals surface area contributed by atoms with Crippen molar-refractivity contribution < 1.29 is 9.47 Å². The van der Waals surface area contributed by atoms with E-state index in [4.69, 9.17) is 9.47 Å². The van der Waals surface area contributed by atoms with Gasteiger partial charge in [0.25, 0.3) is 0 Å². The monoisotopic (exact) mass is 246 g/mol. The van der Waals surface area contributed by atoms with Gasteiger partial charge in [-0.2, -0.15) is 0 Å². The average Bonchev–Trinajstić information content (AvgIpc) is 2.40. The van der Waals surface area contributed by atoms with Gasteiger partial charge in [-0.1, -0.05) is 43.4 Å². The fourth-order valence-corrected chi connectivity index (χ4v) is 2.25. The summed E-state index contributed by atoms with van der Waals surface area (Å²) in [6.07, 6.45) is 3.94. The molecule has 18 heavy (non-hydrogen) atoms. The normalized spacial score (nSPS) is 19.8. The number of benzene rings is 1. The molecule has 1 heterocycles. The summed E-state index contributed by atoms with van der Waals surface area (Å²) in [7, 11) is 0. The maximum Gasteiger partial charge on any atom is 0.169 e. The molecule has 1 aromatic rings. The Morgan fingerprint density at radius 2 is 2.00 bits per heavy atom. The van der Waals surface area contributed by atoms with Gasteiger partial charge < -0.3 is 9.47 Å². The molecule has 0 bridgehead atoms. The zero-order chi connectivity index (χ0) is 12.8. The van der Waals surface area contributed by atoms with Crippen LogP contribution in [0.1, 0.15) is 24.8 Å². The molecule has 98 valence electrons. The lowest BCUT2D eigenvalue weighted by molar-refractivity contribution is -0.0447. The van der Waals surface area contributed by atoms with Crippen molar-refractivity contribution in [3.05, 3.63) is 29.8 Å². The predicted molar refractivity (Wildman–Crippen MR) is 76.8 cm³/mol. The molecule has 2 nitrogen and oxygen atoms in total. The van der Waals surface area contributed by atoms with Crippen molar-refractivity contribution in [2.75, 3.05) is 13.2 Å². The first-order valence-electron chi connectivity index (χ1n) is 7.04. The summed E-state index contributed by atoms with van der Waals surface area (Å²) in [6.45, 7) is 7.34. The van der Waals surface area contributed by atoms with Gasteiger partial charge in [-0.25, -0.2) is 0 Å². The van der Waals surface area contributed by atoms with Crippen LogP contribution >= 0.6 is 0 Å². The van der Waals surface area contributed by atoms with E-state index >= 15 is 0 Å². The Kier molecular flexibility index (Phi) is 5.27. The maximum absolute atomic E-state index is 5.73. The zero-order valence-corrected chi connectivity index (χ0v) is 11.5. The van der Waals surface area contributed by atoms with E-state index in [0.717, 1.165) is 19.6 Å². The lowest BCUT2D eigenvalue weighted by atomic mass is 9.49. The first-order valence-corrected chi connectivity index (χ1v) is 7.04. The van der Waals surface area contributed by atoms with Gasteiger partial charge >= 0.3 is 0 Å². The molecule has 1 atom stereocenters. The van der Waals surface area contributed by atoms with Crippen LogP contribution in [0.15, 0.2) is 24.3 Å². The summed E-state index contributed by atoms with van der Waals surface area (Å²) in [5.74, 6) is 0. The summed E-state index contributed by atoms with van der Waals surface area (Å²) in [6, 6.07) is 8.72. The van der Waals surface area contributed by atoms with Crippen LogP contribution < -0.4 is 5.46 Å². The van der Waals surface area contributed by atoms with E-state index in [1.54, 1.807) is 0 Å². The smallest absolute Gasteiger partial charge is 0.169 e. The van der Waals surface area contributed by atoms with Crippen molar-refractivity contribution in [3.8, 4) is 0 Å². The van der Waals surface area contributed by atoms with Crippen LogP contribution in [0.5, 0.6) is 0 Å². The minimum absolute atomic E-state index is 0.314. The van der Waals surface area contributed by atoms with Crippen molar-refractivity contribution in [1.29, 1.82) is 0 Å². The second kappa shape index (κ2) is 6.96. The van der Waals surface area contributed by atoms with Crippen LogP contribution in [0.4, 0.5) is 0 Å². The summed E-state index contributed by atoms with van der Waals surface area (Å²) in [4.78, 5) is 0. The van der Waals surface area contributed by atoms with Crippen LogP contribution in [0.3, 0.4) is 0 Å². The molecule has 0 aliphatic carbocycles. The van der Waals surface area contributed by atoms with Crippen LogP contribution in [0.25, 0.3) is 0 Å². The molecule has 0 amide bonds. The summed E-state index contributed by atoms with van der Waals surface area (Å²) >= 11 is 0. The van der Waals surface area contributed by atoms with E-state index in [0.29, 0.717) is 19.4 Å². The lowest BCUT2D eigenvalue weighted by Gasteiger charge is -2.22. The Hall–Kier alpha value is -0.795. The highest BCUT2D eigenvalue weighted by Crippen LogP contribution is 2.13. The average molecular weight is 246 g/mol. The van der Waals surface area contributed by atoms with Crippen LogP contribution in [-0.4, -0.2) is 26.0 Å². The Morgan fingerprint density at radius 3 is 2.61 bits per heavy atom. The van der Waals surface area contributed by atoms with Gasteiger partial charge in [-0.05, 0) is 24.8 Å². The molecule has 0 N–H and O–H groups in total. The van der Waals surface area contributed by atoms with Gasteiger partial charge in [0.05, 0.1) is 19.3 Å².